The van der Waals surface area contributed by atoms with Gasteiger partial charge < -0.3 is 19.2 Å². The van der Waals surface area contributed by atoms with Gasteiger partial charge in [-0.2, -0.15) is 0 Å². The normalized spacial score (nSPS) is 11.5. The molecule has 22 heavy (non-hydrogen) atoms. The van der Waals surface area contributed by atoms with Gasteiger partial charge in [-0.25, -0.2) is 0 Å². The average Bonchev–Trinajstić information content (AvgIpc) is 3.07. The van der Waals surface area contributed by atoms with E-state index in [1.54, 1.807) is 36.6 Å². The van der Waals surface area contributed by atoms with Crippen LogP contribution in [0.3, 0.4) is 0 Å². The highest BCUT2D eigenvalue weighted by molar-refractivity contribution is 5.78. The standard InChI is InChI=1S/C16H17NO5/c1-11(13-4-3-7-21-13)17-16(19)10-22-14-6-5-12(9-18)8-15(14)20-2/h3-9,11H,10H2,1-2H3,(H,17,19)/t11-/m0/s1. The summed E-state index contributed by atoms with van der Waals surface area (Å²) in [4.78, 5) is 22.6. The Kier molecular flexibility index (Phi) is 5.19. The van der Waals surface area contributed by atoms with E-state index in [4.69, 9.17) is 13.9 Å². The highest BCUT2D eigenvalue weighted by Gasteiger charge is 2.13. The second-order valence-corrected chi connectivity index (χ2v) is 4.62. The van der Waals surface area contributed by atoms with Crippen molar-refractivity contribution in [2.45, 2.75) is 13.0 Å². The number of hydrogen-bond donors (Lipinski definition) is 1. The number of ether oxygens (including phenoxy) is 2. The molecular weight excluding hydrogens is 286 g/mol. The lowest BCUT2D eigenvalue weighted by molar-refractivity contribution is -0.123. The molecule has 0 saturated heterocycles. The molecule has 1 atom stereocenters. The van der Waals surface area contributed by atoms with Gasteiger partial charge in [0.15, 0.2) is 18.1 Å². The van der Waals surface area contributed by atoms with Gasteiger partial charge in [-0.05, 0) is 37.3 Å². The van der Waals surface area contributed by atoms with Gasteiger partial charge in [0.1, 0.15) is 12.0 Å². The fourth-order valence-corrected chi connectivity index (χ4v) is 1.91. The molecule has 0 spiro atoms. The fourth-order valence-electron chi connectivity index (χ4n) is 1.91. The lowest BCUT2D eigenvalue weighted by Gasteiger charge is -2.13. The highest BCUT2D eigenvalue weighted by Crippen LogP contribution is 2.27. The van der Waals surface area contributed by atoms with Crippen LogP contribution >= 0.6 is 0 Å². The summed E-state index contributed by atoms with van der Waals surface area (Å²) >= 11 is 0. The topological polar surface area (TPSA) is 77.8 Å². The Morgan fingerprint density at radius 3 is 2.82 bits per heavy atom. The first-order valence-corrected chi connectivity index (χ1v) is 6.73. The zero-order valence-electron chi connectivity index (χ0n) is 12.4. The van der Waals surface area contributed by atoms with E-state index >= 15 is 0 Å². The van der Waals surface area contributed by atoms with Gasteiger partial charge in [-0.15, -0.1) is 0 Å². The molecule has 1 amide bonds. The summed E-state index contributed by atoms with van der Waals surface area (Å²) in [5.74, 6) is 1.18. The largest absolute Gasteiger partial charge is 0.493 e. The zero-order chi connectivity index (χ0) is 15.9. The Balaban J connectivity index is 1.92. The van der Waals surface area contributed by atoms with Crippen molar-refractivity contribution >= 4 is 12.2 Å². The summed E-state index contributed by atoms with van der Waals surface area (Å²) in [5, 5.41) is 2.76. The first kappa shape index (κ1) is 15.6. The Morgan fingerprint density at radius 1 is 1.36 bits per heavy atom. The Hall–Kier alpha value is -2.76. The molecule has 6 heteroatoms. The fraction of sp³-hybridized carbons (Fsp3) is 0.250. The van der Waals surface area contributed by atoms with Crippen LogP contribution in [0.5, 0.6) is 11.5 Å². The maximum Gasteiger partial charge on any atom is 0.258 e. The molecule has 1 aromatic carbocycles. The van der Waals surface area contributed by atoms with E-state index in [1.807, 2.05) is 6.92 Å². The molecule has 1 N–H and O–H groups in total. The number of carbonyl (C=O) groups excluding carboxylic acids is 2. The number of hydrogen-bond acceptors (Lipinski definition) is 5. The summed E-state index contributed by atoms with van der Waals surface area (Å²) in [7, 11) is 1.47. The number of carbonyl (C=O) groups is 2. The van der Waals surface area contributed by atoms with Crippen LogP contribution in [0.4, 0.5) is 0 Å². The summed E-state index contributed by atoms with van der Waals surface area (Å²) in [6, 6.07) is 8.03. The van der Waals surface area contributed by atoms with E-state index in [0.717, 1.165) is 0 Å². The van der Waals surface area contributed by atoms with Gasteiger partial charge in [-0.3, -0.25) is 9.59 Å². The molecule has 1 heterocycles. The van der Waals surface area contributed by atoms with Gasteiger partial charge in [0.05, 0.1) is 19.4 Å². The molecule has 1 aromatic heterocycles. The average molecular weight is 303 g/mol. The summed E-state index contributed by atoms with van der Waals surface area (Å²) in [6.45, 7) is 1.65. The van der Waals surface area contributed by atoms with Gasteiger partial charge in [0.2, 0.25) is 0 Å². The third-order valence-corrected chi connectivity index (χ3v) is 3.03. The van der Waals surface area contributed by atoms with Crippen molar-refractivity contribution in [3.8, 4) is 11.5 Å². The lowest BCUT2D eigenvalue weighted by atomic mass is 10.2. The van der Waals surface area contributed by atoms with Crippen LogP contribution in [-0.2, 0) is 4.79 Å². The van der Waals surface area contributed by atoms with E-state index in [-0.39, 0.29) is 18.6 Å². The maximum atomic E-state index is 11.9. The van der Waals surface area contributed by atoms with Crippen LogP contribution in [0.1, 0.15) is 29.1 Å². The first-order chi connectivity index (χ1) is 10.6. The number of benzene rings is 1. The van der Waals surface area contributed by atoms with Crippen molar-refractivity contribution in [2.75, 3.05) is 13.7 Å². The molecule has 0 radical (unpaired) electrons. The second kappa shape index (κ2) is 7.31. The third kappa shape index (κ3) is 3.88. The van der Waals surface area contributed by atoms with Crippen molar-refractivity contribution in [1.82, 2.24) is 5.32 Å². The van der Waals surface area contributed by atoms with Gasteiger partial charge in [-0.1, -0.05) is 0 Å². The molecule has 0 saturated carbocycles. The number of aldehydes is 1. The van der Waals surface area contributed by atoms with E-state index in [9.17, 15) is 9.59 Å². The van der Waals surface area contributed by atoms with Gasteiger partial charge in [0.25, 0.3) is 5.91 Å². The molecule has 2 rings (SSSR count). The molecule has 6 nitrogen and oxygen atoms in total. The van der Waals surface area contributed by atoms with Crippen molar-refractivity contribution in [1.29, 1.82) is 0 Å². The maximum absolute atomic E-state index is 11.9. The van der Waals surface area contributed by atoms with Crippen LogP contribution < -0.4 is 14.8 Å². The molecule has 0 fully saturated rings. The Bertz CT molecular complexity index is 636. The van der Waals surface area contributed by atoms with E-state index in [0.29, 0.717) is 29.1 Å². The monoisotopic (exact) mass is 303 g/mol. The molecule has 0 aliphatic rings. The Labute approximate surface area is 128 Å². The van der Waals surface area contributed by atoms with Gasteiger partial charge in [0, 0.05) is 5.56 Å². The molecule has 116 valence electrons. The zero-order valence-corrected chi connectivity index (χ0v) is 12.4. The number of amides is 1. The first-order valence-electron chi connectivity index (χ1n) is 6.73. The van der Waals surface area contributed by atoms with E-state index < -0.39 is 0 Å². The highest BCUT2D eigenvalue weighted by atomic mass is 16.5. The number of furan rings is 1. The minimum absolute atomic E-state index is 0.165. The molecular formula is C16H17NO5. The number of rotatable bonds is 7. The third-order valence-electron chi connectivity index (χ3n) is 3.03. The molecule has 0 bridgehead atoms. The van der Waals surface area contributed by atoms with Crippen molar-refractivity contribution < 1.29 is 23.5 Å². The predicted molar refractivity (Wildman–Crippen MR) is 79.1 cm³/mol. The number of nitrogens with one attached hydrogen (secondary N) is 1. The Morgan fingerprint density at radius 2 is 2.18 bits per heavy atom. The summed E-state index contributed by atoms with van der Waals surface area (Å²) in [6.07, 6.45) is 2.26. The molecule has 0 aliphatic heterocycles. The molecule has 2 aromatic rings. The van der Waals surface area contributed by atoms with Crippen molar-refractivity contribution in [3.05, 3.63) is 47.9 Å². The number of methoxy groups -OCH3 is 1. The minimum atomic E-state index is -0.287. The predicted octanol–water partition coefficient (Wildman–Crippen LogP) is 2.36. The minimum Gasteiger partial charge on any atom is -0.493 e. The lowest BCUT2D eigenvalue weighted by Crippen LogP contribution is -2.31. The summed E-state index contributed by atoms with van der Waals surface area (Å²) in [5.41, 5.74) is 0.472. The van der Waals surface area contributed by atoms with Crippen LogP contribution in [0.2, 0.25) is 0 Å². The van der Waals surface area contributed by atoms with E-state index in [2.05, 4.69) is 5.32 Å². The van der Waals surface area contributed by atoms with Crippen LogP contribution in [-0.4, -0.2) is 25.9 Å². The quantitative estimate of drug-likeness (QED) is 0.794. The second-order valence-electron chi connectivity index (χ2n) is 4.62. The van der Waals surface area contributed by atoms with Crippen LogP contribution in [0.25, 0.3) is 0 Å². The van der Waals surface area contributed by atoms with Crippen LogP contribution in [0.15, 0.2) is 41.0 Å². The molecule has 0 unspecified atom stereocenters. The van der Waals surface area contributed by atoms with Gasteiger partial charge >= 0.3 is 0 Å². The van der Waals surface area contributed by atoms with Crippen LogP contribution in [0, 0.1) is 0 Å². The van der Waals surface area contributed by atoms with E-state index in [1.165, 1.54) is 7.11 Å². The van der Waals surface area contributed by atoms with Crippen molar-refractivity contribution in [3.63, 3.8) is 0 Å². The molecule has 0 aliphatic carbocycles. The van der Waals surface area contributed by atoms with Crippen molar-refractivity contribution in [2.24, 2.45) is 0 Å². The SMILES string of the molecule is COc1cc(C=O)ccc1OCC(=O)N[C@@H](C)c1ccco1. The smallest absolute Gasteiger partial charge is 0.258 e. The summed E-state index contributed by atoms with van der Waals surface area (Å²) < 4.78 is 15.8.